The Bertz CT molecular complexity index is 976. The molecule has 0 unspecified atom stereocenters. The number of nitrogens with one attached hydrogen (secondary N) is 1. The minimum atomic E-state index is 0.158. The first-order valence-corrected chi connectivity index (χ1v) is 10.4. The van der Waals surface area contributed by atoms with Crippen LogP contribution in [0.4, 0.5) is 5.82 Å². The van der Waals surface area contributed by atoms with Gasteiger partial charge in [0.2, 0.25) is 5.88 Å². The first kappa shape index (κ1) is 18.3. The van der Waals surface area contributed by atoms with Gasteiger partial charge >= 0.3 is 0 Å². The molecule has 1 N–H and O–H groups in total. The lowest BCUT2D eigenvalue weighted by molar-refractivity contribution is 0.121. The van der Waals surface area contributed by atoms with Crippen LogP contribution in [0.1, 0.15) is 43.3 Å². The van der Waals surface area contributed by atoms with Crippen molar-refractivity contribution < 1.29 is 9.47 Å². The van der Waals surface area contributed by atoms with Crippen LogP contribution in [0.5, 0.6) is 5.88 Å². The Morgan fingerprint density at radius 1 is 1.14 bits per heavy atom. The van der Waals surface area contributed by atoms with Crippen molar-refractivity contribution in [1.29, 1.82) is 0 Å². The van der Waals surface area contributed by atoms with Gasteiger partial charge in [0.25, 0.3) is 0 Å². The highest BCUT2D eigenvalue weighted by atomic mass is 16.5. The molecule has 1 saturated carbocycles. The van der Waals surface area contributed by atoms with Gasteiger partial charge in [0.1, 0.15) is 23.6 Å². The average Bonchev–Trinajstić information content (AvgIpc) is 3.21. The predicted molar refractivity (Wildman–Crippen MR) is 109 cm³/mol. The van der Waals surface area contributed by atoms with E-state index in [-0.39, 0.29) is 6.10 Å². The molecule has 1 saturated heterocycles. The maximum atomic E-state index is 6.43. The summed E-state index contributed by atoms with van der Waals surface area (Å²) in [7, 11) is 0. The summed E-state index contributed by atoms with van der Waals surface area (Å²) >= 11 is 0. The van der Waals surface area contributed by atoms with Gasteiger partial charge < -0.3 is 19.4 Å². The Morgan fingerprint density at radius 3 is 2.72 bits per heavy atom. The summed E-state index contributed by atoms with van der Waals surface area (Å²) < 4.78 is 11.9. The van der Waals surface area contributed by atoms with Crippen LogP contribution < -0.4 is 9.64 Å². The number of hydrogen-bond acceptors (Lipinski definition) is 7. The molecule has 0 amide bonds. The summed E-state index contributed by atoms with van der Waals surface area (Å²) in [6, 6.07) is 6.03. The van der Waals surface area contributed by atoms with Crippen LogP contribution in [-0.4, -0.2) is 57.6 Å². The summed E-state index contributed by atoms with van der Waals surface area (Å²) in [4.78, 5) is 14.9. The highest BCUT2D eigenvalue weighted by molar-refractivity contribution is 5.85. The lowest BCUT2D eigenvalue weighted by atomic mass is 9.87. The third kappa shape index (κ3) is 3.89. The van der Waals surface area contributed by atoms with E-state index in [2.05, 4.69) is 31.1 Å². The Hall–Kier alpha value is -2.74. The van der Waals surface area contributed by atoms with Crippen molar-refractivity contribution in [2.75, 3.05) is 31.2 Å². The zero-order chi connectivity index (χ0) is 19.6. The largest absolute Gasteiger partial charge is 0.474 e. The molecule has 8 heteroatoms. The normalized spacial score (nSPS) is 22.7. The summed E-state index contributed by atoms with van der Waals surface area (Å²) in [5.41, 5.74) is 0.921. The van der Waals surface area contributed by atoms with Crippen molar-refractivity contribution in [3.63, 3.8) is 0 Å². The summed E-state index contributed by atoms with van der Waals surface area (Å²) in [5.74, 6) is 3.92. The standard InChI is InChI=1S/C21H26N6O2/c1-14-23-20(26-25-14)15-4-6-16(7-5-15)29-21-17-3-2-8-22-18(17)13-19(24-21)27-9-11-28-12-10-27/h2-3,8,13,15-16H,4-7,9-12H2,1H3,(H,23,25,26)/t15-,16+. The van der Waals surface area contributed by atoms with E-state index < -0.39 is 0 Å². The maximum Gasteiger partial charge on any atom is 0.225 e. The van der Waals surface area contributed by atoms with Crippen molar-refractivity contribution in [3.8, 4) is 5.88 Å². The van der Waals surface area contributed by atoms with Crippen molar-refractivity contribution in [1.82, 2.24) is 25.1 Å². The molecule has 29 heavy (non-hydrogen) atoms. The summed E-state index contributed by atoms with van der Waals surface area (Å²) in [5, 5.41) is 9.34. The number of hydrogen-bond donors (Lipinski definition) is 1. The van der Waals surface area contributed by atoms with E-state index in [1.165, 1.54) is 0 Å². The van der Waals surface area contributed by atoms with E-state index in [9.17, 15) is 0 Å². The average molecular weight is 394 g/mol. The maximum absolute atomic E-state index is 6.43. The second-order valence-corrected chi connectivity index (χ2v) is 7.84. The van der Waals surface area contributed by atoms with Gasteiger partial charge in [-0.3, -0.25) is 4.98 Å². The smallest absolute Gasteiger partial charge is 0.225 e. The molecule has 8 nitrogen and oxygen atoms in total. The van der Waals surface area contributed by atoms with E-state index in [1.807, 2.05) is 25.3 Å². The minimum Gasteiger partial charge on any atom is -0.474 e. The van der Waals surface area contributed by atoms with Gasteiger partial charge in [-0.15, -0.1) is 10.2 Å². The van der Waals surface area contributed by atoms with Gasteiger partial charge in [0, 0.05) is 31.3 Å². The number of anilines is 1. The zero-order valence-corrected chi connectivity index (χ0v) is 16.7. The molecule has 3 aromatic rings. The Balaban J connectivity index is 1.34. The topological polar surface area (TPSA) is 89.1 Å². The molecular weight excluding hydrogens is 368 g/mol. The Morgan fingerprint density at radius 2 is 1.97 bits per heavy atom. The molecule has 152 valence electrons. The fraction of sp³-hybridized carbons (Fsp3) is 0.524. The van der Waals surface area contributed by atoms with Crippen LogP contribution in [0.25, 0.3) is 10.9 Å². The van der Waals surface area contributed by atoms with Crippen LogP contribution in [-0.2, 0) is 4.74 Å². The first-order valence-electron chi connectivity index (χ1n) is 10.4. The molecule has 0 spiro atoms. The molecular formula is C21H26N6O2. The number of ether oxygens (including phenoxy) is 2. The number of aromatic amines is 1. The van der Waals surface area contributed by atoms with E-state index in [1.54, 1.807) is 0 Å². The van der Waals surface area contributed by atoms with Gasteiger partial charge in [0.05, 0.1) is 24.1 Å². The molecule has 0 bridgehead atoms. The van der Waals surface area contributed by atoms with E-state index in [4.69, 9.17) is 14.5 Å². The number of aryl methyl sites for hydroxylation is 1. The van der Waals surface area contributed by atoms with E-state index >= 15 is 0 Å². The predicted octanol–water partition coefficient (Wildman–Crippen LogP) is 3.00. The van der Waals surface area contributed by atoms with Gasteiger partial charge in [-0.1, -0.05) is 0 Å². The summed E-state index contributed by atoms with van der Waals surface area (Å²) in [6.07, 6.45) is 6.02. The molecule has 0 aromatic carbocycles. The third-order valence-electron chi connectivity index (χ3n) is 5.84. The van der Waals surface area contributed by atoms with Crippen LogP contribution in [0.3, 0.4) is 0 Å². The number of morpholine rings is 1. The lowest BCUT2D eigenvalue weighted by Crippen LogP contribution is -2.36. The molecule has 1 aliphatic carbocycles. The van der Waals surface area contributed by atoms with E-state index in [0.29, 0.717) is 11.8 Å². The molecule has 4 heterocycles. The first-order chi connectivity index (χ1) is 14.3. The SMILES string of the molecule is Cc1nnc([C@H]2CC[C@@H](Oc3nc(N4CCOCC4)cc4ncccc34)CC2)[nH]1. The van der Waals surface area contributed by atoms with Crippen molar-refractivity contribution in [2.45, 2.75) is 44.6 Å². The molecule has 2 aliphatic rings. The zero-order valence-electron chi connectivity index (χ0n) is 16.7. The van der Waals surface area contributed by atoms with Gasteiger partial charge in [0.15, 0.2) is 0 Å². The van der Waals surface area contributed by atoms with Gasteiger partial charge in [-0.05, 0) is 44.7 Å². The quantitative estimate of drug-likeness (QED) is 0.727. The molecule has 3 aromatic heterocycles. The lowest BCUT2D eigenvalue weighted by Gasteiger charge is -2.30. The Labute approximate surface area is 169 Å². The molecule has 0 atom stereocenters. The molecule has 1 aliphatic heterocycles. The highest BCUT2D eigenvalue weighted by Gasteiger charge is 2.27. The second-order valence-electron chi connectivity index (χ2n) is 7.84. The molecule has 2 fully saturated rings. The van der Waals surface area contributed by atoms with Crippen LogP contribution in [0.2, 0.25) is 0 Å². The minimum absolute atomic E-state index is 0.158. The number of rotatable bonds is 4. The van der Waals surface area contributed by atoms with Crippen molar-refractivity contribution in [2.24, 2.45) is 0 Å². The van der Waals surface area contributed by atoms with Crippen LogP contribution in [0, 0.1) is 6.92 Å². The number of nitrogens with zero attached hydrogens (tertiary/aromatic N) is 5. The van der Waals surface area contributed by atoms with Crippen LogP contribution in [0.15, 0.2) is 24.4 Å². The number of pyridine rings is 2. The van der Waals surface area contributed by atoms with Gasteiger partial charge in [-0.25, -0.2) is 0 Å². The van der Waals surface area contributed by atoms with Crippen molar-refractivity contribution in [3.05, 3.63) is 36.0 Å². The second kappa shape index (κ2) is 7.94. The fourth-order valence-electron chi connectivity index (χ4n) is 4.24. The number of fused-ring (bicyclic) bond motifs is 1. The monoisotopic (exact) mass is 394 g/mol. The highest BCUT2D eigenvalue weighted by Crippen LogP contribution is 2.35. The third-order valence-corrected chi connectivity index (χ3v) is 5.84. The fourth-order valence-corrected chi connectivity index (χ4v) is 4.24. The van der Waals surface area contributed by atoms with Crippen molar-refractivity contribution >= 4 is 16.7 Å². The number of aromatic nitrogens is 5. The molecule has 0 radical (unpaired) electrons. The molecule has 5 rings (SSSR count). The Kier molecular flexibility index (Phi) is 5.01. The van der Waals surface area contributed by atoms with E-state index in [0.717, 1.165) is 80.4 Å². The summed E-state index contributed by atoms with van der Waals surface area (Å²) in [6.45, 7) is 5.07. The van der Waals surface area contributed by atoms with Gasteiger partial charge in [-0.2, -0.15) is 4.98 Å². The van der Waals surface area contributed by atoms with Crippen LogP contribution >= 0.6 is 0 Å². The number of H-pyrrole nitrogens is 1.